The average Bonchev–Trinajstić information content (AvgIpc) is 2.59. The average molecular weight is 267 g/mol. The van der Waals surface area contributed by atoms with Crippen molar-refractivity contribution in [3.05, 3.63) is 0 Å². The molecule has 2 rings (SSSR count). The number of piperidine rings is 1. The lowest BCUT2D eigenvalue weighted by Gasteiger charge is -2.39. The molecule has 2 unspecified atom stereocenters. The summed E-state index contributed by atoms with van der Waals surface area (Å²) in [6.07, 6.45) is 5.84. The minimum atomic E-state index is -2.72. The van der Waals surface area contributed by atoms with Gasteiger partial charge in [0.05, 0.1) is 11.5 Å². The van der Waals surface area contributed by atoms with E-state index < -0.39 is 9.84 Å². The number of sulfone groups is 1. The first-order valence-corrected chi connectivity index (χ1v) is 7.90. The monoisotopic (exact) mass is 266 g/mol. The lowest BCUT2D eigenvalue weighted by Crippen LogP contribution is -3.00. The molecule has 2 heterocycles. The van der Waals surface area contributed by atoms with Crippen LogP contribution >= 0.6 is 0 Å². The molecule has 0 spiro atoms. The molecule has 0 bridgehead atoms. The van der Waals surface area contributed by atoms with Gasteiger partial charge < -0.3 is 12.4 Å². The number of halogens is 1. The minimum absolute atomic E-state index is 0. The number of rotatable bonds is 2. The minimum Gasteiger partial charge on any atom is -1.00 e. The number of hydrogen-bond acceptors (Lipinski definition) is 3. The number of likely N-dealkylation sites (tertiary alicyclic amines) is 1. The molecule has 2 aliphatic rings. The first-order valence-electron chi connectivity index (χ1n) is 6.08. The summed E-state index contributed by atoms with van der Waals surface area (Å²) in [7, 11) is -2.72. The van der Waals surface area contributed by atoms with Crippen molar-refractivity contribution in [3.63, 3.8) is 0 Å². The molecule has 2 fully saturated rings. The van der Waals surface area contributed by atoms with E-state index >= 15 is 0 Å². The summed E-state index contributed by atoms with van der Waals surface area (Å²) in [5.74, 6) is 0.814. The van der Waals surface area contributed by atoms with E-state index in [4.69, 9.17) is 0 Å². The van der Waals surface area contributed by atoms with Crippen molar-refractivity contribution >= 4 is 9.84 Å². The van der Waals surface area contributed by atoms with Crippen LogP contribution < -0.4 is 12.4 Å². The molecule has 16 heavy (non-hydrogen) atoms. The highest BCUT2D eigenvalue weighted by Crippen LogP contribution is 2.27. The van der Waals surface area contributed by atoms with Gasteiger partial charge in [0.2, 0.25) is 0 Å². The van der Waals surface area contributed by atoms with Crippen LogP contribution in [0.2, 0.25) is 0 Å². The molecule has 0 aromatic heterocycles. The molecule has 0 aromatic rings. The van der Waals surface area contributed by atoms with Crippen LogP contribution in [0.1, 0.15) is 39.0 Å². The fourth-order valence-electron chi connectivity index (χ4n) is 2.98. The van der Waals surface area contributed by atoms with Crippen LogP contribution in [0.5, 0.6) is 0 Å². The van der Waals surface area contributed by atoms with Crippen LogP contribution in [0.25, 0.3) is 0 Å². The van der Waals surface area contributed by atoms with E-state index in [1.165, 1.54) is 19.3 Å². The number of hydrogen-bond donors (Lipinski definition) is 0. The van der Waals surface area contributed by atoms with Crippen molar-refractivity contribution in [2.24, 2.45) is 0 Å². The molecule has 0 N–H and O–H groups in total. The van der Waals surface area contributed by atoms with Gasteiger partial charge in [-0.25, -0.2) is 8.42 Å². The Kier molecular flexibility index (Phi) is 5.08. The molecule has 3 nitrogen and oxygen atoms in total. The van der Waals surface area contributed by atoms with Crippen LogP contribution in [0.3, 0.4) is 0 Å². The van der Waals surface area contributed by atoms with Crippen molar-refractivity contribution in [3.8, 4) is 0 Å². The molecule has 0 aliphatic carbocycles. The fourth-order valence-corrected chi connectivity index (χ4v) is 4.72. The van der Waals surface area contributed by atoms with Crippen LogP contribution in [0.4, 0.5) is 0 Å². The normalized spacial score (nSPS) is 34.6. The Balaban J connectivity index is 0.00000128. The maximum Gasteiger partial charge on any atom is 0.151 e. The SMILES string of the molecule is CCC1CCCCN1C1CCS(=O)(=O)C1.[Cl-]. The Labute approximate surface area is 105 Å². The van der Waals surface area contributed by atoms with Gasteiger partial charge in [-0.1, -0.05) is 13.3 Å². The number of nitrogens with zero attached hydrogens (tertiary/aromatic N) is 1. The van der Waals surface area contributed by atoms with Crippen molar-refractivity contribution < 1.29 is 20.8 Å². The van der Waals surface area contributed by atoms with Crippen LogP contribution in [-0.2, 0) is 9.84 Å². The van der Waals surface area contributed by atoms with Gasteiger partial charge in [0.15, 0.2) is 9.84 Å². The zero-order chi connectivity index (χ0) is 10.9. The van der Waals surface area contributed by atoms with Gasteiger partial charge in [-0.2, -0.15) is 0 Å². The second-order valence-electron chi connectivity index (χ2n) is 4.85. The zero-order valence-corrected chi connectivity index (χ0v) is 11.4. The molecule has 5 heteroatoms. The lowest BCUT2D eigenvalue weighted by atomic mass is 9.97. The third-order valence-electron chi connectivity index (χ3n) is 3.82. The first-order chi connectivity index (χ1) is 7.12. The van der Waals surface area contributed by atoms with Crippen molar-refractivity contribution in [2.45, 2.75) is 51.1 Å². The van der Waals surface area contributed by atoms with Crippen LogP contribution in [0, 0.1) is 0 Å². The van der Waals surface area contributed by atoms with Crippen molar-refractivity contribution in [2.75, 3.05) is 18.1 Å². The molecular weight excluding hydrogens is 246 g/mol. The molecular formula is C11H21ClNO2S-. The van der Waals surface area contributed by atoms with E-state index in [-0.39, 0.29) is 12.4 Å². The summed E-state index contributed by atoms with van der Waals surface area (Å²) in [5, 5.41) is 0. The summed E-state index contributed by atoms with van der Waals surface area (Å²) < 4.78 is 22.9. The van der Waals surface area contributed by atoms with Crippen LogP contribution in [0.15, 0.2) is 0 Å². The third-order valence-corrected chi connectivity index (χ3v) is 5.57. The van der Waals surface area contributed by atoms with Gasteiger partial charge >= 0.3 is 0 Å². The largest absolute Gasteiger partial charge is 1.00 e. The quantitative estimate of drug-likeness (QED) is 0.607. The fraction of sp³-hybridized carbons (Fsp3) is 1.00. The van der Waals surface area contributed by atoms with E-state index in [2.05, 4.69) is 11.8 Å². The maximum absolute atomic E-state index is 11.5. The van der Waals surface area contributed by atoms with E-state index in [0.29, 0.717) is 23.6 Å². The maximum atomic E-state index is 11.5. The standard InChI is InChI=1S/C11H21NO2S.ClH/c1-2-10-5-3-4-7-12(10)11-6-8-15(13,14)9-11;/h10-11H,2-9H2,1H3;1H/p-1. The Morgan fingerprint density at radius 1 is 1.25 bits per heavy atom. The van der Waals surface area contributed by atoms with Gasteiger partial charge in [-0.3, -0.25) is 4.90 Å². The summed E-state index contributed by atoms with van der Waals surface area (Å²) >= 11 is 0. The Hall–Kier alpha value is 0.200. The Morgan fingerprint density at radius 3 is 2.56 bits per heavy atom. The Morgan fingerprint density at radius 2 is 2.00 bits per heavy atom. The molecule has 2 saturated heterocycles. The molecule has 0 amide bonds. The predicted octanol–water partition coefficient (Wildman–Crippen LogP) is -1.56. The molecule has 2 aliphatic heterocycles. The summed E-state index contributed by atoms with van der Waals surface area (Å²) in [4.78, 5) is 2.47. The smallest absolute Gasteiger partial charge is 0.151 e. The van der Waals surface area contributed by atoms with Crippen molar-refractivity contribution in [1.82, 2.24) is 4.90 Å². The highest BCUT2D eigenvalue weighted by Gasteiger charge is 2.35. The molecule has 0 radical (unpaired) electrons. The topological polar surface area (TPSA) is 37.4 Å². The van der Waals surface area contributed by atoms with Gasteiger partial charge in [-0.15, -0.1) is 0 Å². The molecule has 0 aromatic carbocycles. The summed E-state index contributed by atoms with van der Waals surface area (Å²) in [6.45, 7) is 3.32. The van der Waals surface area contributed by atoms with Crippen molar-refractivity contribution in [1.29, 1.82) is 0 Å². The Bertz CT molecular complexity index is 318. The zero-order valence-electron chi connectivity index (χ0n) is 9.86. The second-order valence-corrected chi connectivity index (χ2v) is 7.08. The van der Waals surface area contributed by atoms with E-state index in [1.54, 1.807) is 0 Å². The van der Waals surface area contributed by atoms with Gasteiger partial charge in [0.1, 0.15) is 0 Å². The summed E-state index contributed by atoms with van der Waals surface area (Å²) in [5.41, 5.74) is 0. The summed E-state index contributed by atoms with van der Waals surface area (Å²) in [6, 6.07) is 0.956. The second kappa shape index (κ2) is 5.69. The lowest BCUT2D eigenvalue weighted by molar-refractivity contribution is -0.00000599. The third kappa shape index (κ3) is 3.11. The van der Waals surface area contributed by atoms with Gasteiger partial charge in [-0.05, 0) is 32.2 Å². The van der Waals surface area contributed by atoms with E-state index in [0.717, 1.165) is 19.4 Å². The highest BCUT2D eigenvalue weighted by atomic mass is 35.5. The van der Waals surface area contributed by atoms with E-state index in [1.807, 2.05) is 0 Å². The highest BCUT2D eigenvalue weighted by molar-refractivity contribution is 7.91. The first kappa shape index (κ1) is 14.3. The van der Waals surface area contributed by atoms with Gasteiger partial charge in [0.25, 0.3) is 0 Å². The van der Waals surface area contributed by atoms with Crippen LogP contribution in [-0.4, -0.2) is 43.5 Å². The van der Waals surface area contributed by atoms with Gasteiger partial charge in [0, 0.05) is 12.1 Å². The van der Waals surface area contributed by atoms with E-state index in [9.17, 15) is 8.42 Å². The molecule has 2 atom stereocenters. The molecule has 0 saturated carbocycles. The predicted molar refractivity (Wildman–Crippen MR) is 61.7 cm³/mol. The molecule has 96 valence electrons.